The van der Waals surface area contributed by atoms with Crippen molar-refractivity contribution in [1.29, 1.82) is 0 Å². The van der Waals surface area contributed by atoms with Crippen LogP contribution >= 0.6 is 11.6 Å². The molecule has 0 rings (SSSR count). The van der Waals surface area contributed by atoms with Gasteiger partial charge in [0.05, 0.1) is 0 Å². The van der Waals surface area contributed by atoms with Crippen molar-refractivity contribution in [1.82, 2.24) is 0 Å². The van der Waals surface area contributed by atoms with Crippen molar-refractivity contribution in [2.45, 2.75) is 40.0 Å². The highest BCUT2D eigenvalue weighted by molar-refractivity contribution is 6.31. The fourth-order valence-corrected chi connectivity index (χ4v) is 0.976. The van der Waals surface area contributed by atoms with Gasteiger partial charge in [-0.05, 0) is 31.3 Å². The first-order valence-corrected chi connectivity index (χ1v) is 4.97. The maximum atomic E-state index is 5.71. The summed E-state index contributed by atoms with van der Waals surface area (Å²) in [4.78, 5) is 0. The predicted octanol–water partition coefficient (Wildman–Crippen LogP) is 4.51. The SMILES string of the molecule is C=C(Cl)/C(C)=C/CCC(C)CC. The van der Waals surface area contributed by atoms with Gasteiger partial charge in [0.25, 0.3) is 0 Å². The van der Waals surface area contributed by atoms with E-state index in [1.165, 1.54) is 12.8 Å². The van der Waals surface area contributed by atoms with Gasteiger partial charge in [-0.25, -0.2) is 0 Å². The molecule has 0 spiro atoms. The molecule has 0 fully saturated rings. The topological polar surface area (TPSA) is 0 Å². The van der Waals surface area contributed by atoms with E-state index < -0.39 is 0 Å². The van der Waals surface area contributed by atoms with E-state index in [2.05, 4.69) is 26.5 Å². The third-order valence-electron chi connectivity index (χ3n) is 2.23. The Morgan fingerprint density at radius 3 is 2.58 bits per heavy atom. The van der Waals surface area contributed by atoms with E-state index in [0.29, 0.717) is 5.03 Å². The second-order valence-electron chi connectivity index (χ2n) is 3.38. The molecule has 1 heteroatoms. The number of hydrogen-bond acceptors (Lipinski definition) is 0. The van der Waals surface area contributed by atoms with Crippen LogP contribution in [0.3, 0.4) is 0 Å². The fraction of sp³-hybridized carbons (Fsp3) is 0.636. The number of halogens is 1. The summed E-state index contributed by atoms with van der Waals surface area (Å²) in [5.74, 6) is 0.817. The lowest BCUT2D eigenvalue weighted by Gasteiger charge is -2.05. The van der Waals surface area contributed by atoms with Gasteiger partial charge in [-0.3, -0.25) is 0 Å². The van der Waals surface area contributed by atoms with Gasteiger partial charge in [-0.1, -0.05) is 44.5 Å². The van der Waals surface area contributed by atoms with E-state index in [1.54, 1.807) is 0 Å². The average Bonchev–Trinajstić information content (AvgIpc) is 2.03. The summed E-state index contributed by atoms with van der Waals surface area (Å²) in [7, 11) is 0. The van der Waals surface area contributed by atoms with Gasteiger partial charge in [0.2, 0.25) is 0 Å². The molecule has 0 saturated heterocycles. The second-order valence-corrected chi connectivity index (χ2v) is 3.84. The smallest absolute Gasteiger partial charge is 0.0360 e. The third kappa shape index (κ3) is 5.42. The molecule has 0 saturated carbocycles. The Balaban J connectivity index is 3.67. The molecule has 0 aromatic carbocycles. The fourth-order valence-electron chi connectivity index (χ4n) is 0.899. The van der Waals surface area contributed by atoms with Gasteiger partial charge in [0.15, 0.2) is 0 Å². The minimum atomic E-state index is 0.666. The summed E-state index contributed by atoms with van der Waals surface area (Å²) in [5.41, 5.74) is 1.11. The first-order chi connectivity index (χ1) is 5.57. The molecule has 0 aromatic heterocycles. The number of hydrogen-bond donors (Lipinski definition) is 0. The Bertz CT molecular complexity index is 168. The van der Waals surface area contributed by atoms with Gasteiger partial charge in [-0.15, -0.1) is 0 Å². The average molecular weight is 187 g/mol. The molecule has 0 aliphatic rings. The van der Waals surface area contributed by atoms with Gasteiger partial charge in [0, 0.05) is 5.03 Å². The van der Waals surface area contributed by atoms with Crippen LogP contribution < -0.4 is 0 Å². The molecule has 0 heterocycles. The molecule has 0 N–H and O–H groups in total. The standard InChI is InChI=1S/C11H19Cl/c1-5-9(2)7-6-8-10(3)11(4)12/h8-9H,4-7H2,1-3H3/b10-8+. The maximum Gasteiger partial charge on any atom is 0.0360 e. The summed E-state index contributed by atoms with van der Waals surface area (Å²) in [5, 5.41) is 0.666. The highest BCUT2D eigenvalue weighted by atomic mass is 35.5. The summed E-state index contributed by atoms with van der Waals surface area (Å²) in [6.45, 7) is 10.2. The van der Waals surface area contributed by atoms with Crippen LogP contribution in [0, 0.1) is 5.92 Å². The predicted molar refractivity (Wildman–Crippen MR) is 57.4 cm³/mol. The first kappa shape index (κ1) is 11.8. The maximum absolute atomic E-state index is 5.71. The van der Waals surface area contributed by atoms with E-state index in [1.807, 2.05) is 6.92 Å². The normalized spacial score (nSPS) is 14.5. The first-order valence-electron chi connectivity index (χ1n) is 4.59. The lowest BCUT2D eigenvalue weighted by Crippen LogP contribution is -1.90. The second kappa shape index (κ2) is 6.30. The number of rotatable bonds is 5. The lowest BCUT2D eigenvalue weighted by molar-refractivity contribution is 0.521. The van der Waals surface area contributed by atoms with Crippen LogP contribution in [-0.2, 0) is 0 Å². The molecule has 0 radical (unpaired) electrons. The molecule has 0 aliphatic carbocycles. The van der Waals surface area contributed by atoms with Gasteiger partial charge in [0.1, 0.15) is 0 Å². The largest absolute Gasteiger partial charge is 0.0847 e. The zero-order valence-corrected chi connectivity index (χ0v) is 9.12. The molecule has 12 heavy (non-hydrogen) atoms. The van der Waals surface area contributed by atoms with Crippen LogP contribution in [-0.4, -0.2) is 0 Å². The molecule has 0 aromatic rings. The van der Waals surface area contributed by atoms with Crippen molar-refractivity contribution in [3.63, 3.8) is 0 Å². The van der Waals surface area contributed by atoms with Crippen LogP contribution in [0.5, 0.6) is 0 Å². The van der Waals surface area contributed by atoms with E-state index >= 15 is 0 Å². The quantitative estimate of drug-likeness (QED) is 0.555. The molecule has 70 valence electrons. The van der Waals surface area contributed by atoms with E-state index in [-0.39, 0.29) is 0 Å². The minimum Gasteiger partial charge on any atom is -0.0847 e. The monoisotopic (exact) mass is 186 g/mol. The molecule has 1 atom stereocenters. The highest BCUT2D eigenvalue weighted by Crippen LogP contribution is 2.15. The zero-order valence-electron chi connectivity index (χ0n) is 8.36. The van der Waals surface area contributed by atoms with Crippen molar-refractivity contribution in [2.24, 2.45) is 5.92 Å². The zero-order chi connectivity index (χ0) is 9.56. The third-order valence-corrected chi connectivity index (χ3v) is 2.53. The molecular weight excluding hydrogens is 168 g/mol. The van der Waals surface area contributed by atoms with E-state index in [4.69, 9.17) is 11.6 Å². The summed E-state index contributed by atoms with van der Waals surface area (Å²) in [6, 6.07) is 0. The summed E-state index contributed by atoms with van der Waals surface area (Å²) < 4.78 is 0. The highest BCUT2D eigenvalue weighted by Gasteiger charge is 1.97. The van der Waals surface area contributed by atoms with Crippen molar-refractivity contribution in [2.75, 3.05) is 0 Å². The Morgan fingerprint density at radius 2 is 2.17 bits per heavy atom. The minimum absolute atomic E-state index is 0.666. The van der Waals surface area contributed by atoms with Crippen LogP contribution in [0.1, 0.15) is 40.0 Å². The Morgan fingerprint density at radius 1 is 1.58 bits per heavy atom. The van der Waals surface area contributed by atoms with Crippen LogP contribution in [0.2, 0.25) is 0 Å². The molecule has 1 unspecified atom stereocenters. The number of allylic oxidation sites excluding steroid dienone is 3. The molecule has 0 aliphatic heterocycles. The Labute approximate surface area is 81.3 Å². The van der Waals surface area contributed by atoms with E-state index in [9.17, 15) is 0 Å². The Kier molecular flexibility index (Phi) is 6.18. The molecular formula is C11H19Cl. The van der Waals surface area contributed by atoms with Crippen molar-refractivity contribution in [3.8, 4) is 0 Å². The molecule has 0 amide bonds. The summed E-state index contributed by atoms with van der Waals surface area (Å²) in [6.07, 6.45) is 5.79. The van der Waals surface area contributed by atoms with Gasteiger partial charge in [-0.2, -0.15) is 0 Å². The van der Waals surface area contributed by atoms with Gasteiger partial charge >= 0.3 is 0 Å². The van der Waals surface area contributed by atoms with Gasteiger partial charge < -0.3 is 0 Å². The van der Waals surface area contributed by atoms with Crippen molar-refractivity contribution < 1.29 is 0 Å². The van der Waals surface area contributed by atoms with E-state index in [0.717, 1.165) is 17.9 Å². The van der Waals surface area contributed by atoms with Crippen LogP contribution in [0.25, 0.3) is 0 Å². The van der Waals surface area contributed by atoms with Crippen LogP contribution in [0.15, 0.2) is 23.3 Å². The van der Waals surface area contributed by atoms with Crippen molar-refractivity contribution in [3.05, 3.63) is 23.3 Å². The molecule has 0 bridgehead atoms. The Hall–Kier alpha value is -0.230. The van der Waals surface area contributed by atoms with Crippen LogP contribution in [0.4, 0.5) is 0 Å². The summed E-state index contributed by atoms with van der Waals surface area (Å²) >= 11 is 5.71. The van der Waals surface area contributed by atoms with Crippen molar-refractivity contribution >= 4 is 11.6 Å². The molecule has 0 nitrogen and oxygen atoms in total. The lowest BCUT2D eigenvalue weighted by atomic mass is 10.0.